The number of nitrogens with zero attached hydrogens (tertiary/aromatic N) is 1. The van der Waals surface area contributed by atoms with E-state index in [2.05, 4.69) is 5.32 Å². The van der Waals surface area contributed by atoms with E-state index in [1.165, 1.54) is 4.90 Å². The van der Waals surface area contributed by atoms with E-state index >= 15 is 0 Å². The molecule has 0 bridgehead atoms. The highest BCUT2D eigenvalue weighted by molar-refractivity contribution is 6.17. The van der Waals surface area contributed by atoms with Crippen molar-refractivity contribution in [3.05, 3.63) is 29.8 Å². The fraction of sp³-hybridized carbons (Fsp3) is 0.500. The van der Waals surface area contributed by atoms with Gasteiger partial charge in [0.1, 0.15) is 0 Å². The first-order valence-electron chi connectivity index (χ1n) is 7.38. The zero-order valence-corrected chi connectivity index (χ0v) is 11.8. The summed E-state index contributed by atoms with van der Waals surface area (Å²) in [5, 5.41) is 3.02. The number of anilines is 1. The predicted molar refractivity (Wildman–Crippen MR) is 77.6 cm³/mol. The maximum absolute atomic E-state index is 12.7. The average molecular weight is 272 g/mol. The minimum atomic E-state index is -0.274. The van der Waals surface area contributed by atoms with Crippen LogP contribution in [-0.4, -0.2) is 18.0 Å². The SMILES string of the molecule is Cc1cccc(N2C(=O)NC3CCCCCC3C2=O)c1. The van der Waals surface area contributed by atoms with Crippen LogP contribution in [0.2, 0.25) is 0 Å². The standard InChI is InChI=1S/C16H20N2O2/c1-11-6-5-7-12(10-11)18-15(19)13-8-3-2-4-9-14(13)17-16(18)20/h5-7,10,13-14H,2-4,8-9H2,1H3,(H,17,20). The smallest absolute Gasteiger partial charge is 0.328 e. The molecular weight excluding hydrogens is 252 g/mol. The van der Waals surface area contributed by atoms with Gasteiger partial charge in [0.15, 0.2) is 0 Å². The molecule has 2 atom stereocenters. The van der Waals surface area contributed by atoms with Gasteiger partial charge in [-0.05, 0) is 37.5 Å². The highest BCUT2D eigenvalue weighted by atomic mass is 16.2. The Morgan fingerprint density at radius 2 is 1.95 bits per heavy atom. The summed E-state index contributed by atoms with van der Waals surface area (Å²) >= 11 is 0. The second kappa shape index (κ2) is 5.27. The number of imide groups is 1. The van der Waals surface area contributed by atoms with Crippen LogP contribution in [0.1, 0.15) is 37.7 Å². The van der Waals surface area contributed by atoms with Crippen molar-refractivity contribution < 1.29 is 9.59 Å². The van der Waals surface area contributed by atoms with Gasteiger partial charge in [0, 0.05) is 6.04 Å². The molecule has 2 fully saturated rings. The third kappa shape index (κ3) is 2.30. The van der Waals surface area contributed by atoms with Crippen molar-refractivity contribution in [2.45, 2.75) is 45.1 Å². The predicted octanol–water partition coefficient (Wildman–Crippen LogP) is 3.00. The summed E-state index contributed by atoms with van der Waals surface area (Å²) in [7, 11) is 0. The van der Waals surface area contributed by atoms with Gasteiger partial charge in [0.2, 0.25) is 5.91 Å². The van der Waals surface area contributed by atoms with Gasteiger partial charge in [-0.25, -0.2) is 9.69 Å². The van der Waals surface area contributed by atoms with Crippen molar-refractivity contribution in [1.82, 2.24) is 5.32 Å². The molecule has 2 aliphatic rings. The highest BCUT2D eigenvalue weighted by Crippen LogP contribution is 2.31. The first-order chi connectivity index (χ1) is 9.66. The van der Waals surface area contributed by atoms with Gasteiger partial charge >= 0.3 is 6.03 Å². The normalized spacial score (nSPS) is 26.8. The number of carbonyl (C=O) groups excluding carboxylic acids is 2. The van der Waals surface area contributed by atoms with Gasteiger partial charge in [-0.3, -0.25) is 4.79 Å². The molecule has 0 aromatic heterocycles. The fourth-order valence-electron chi connectivity index (χ4n) is 3.28. The molecule has 1 aliphatic carbocycles. The van der Waals surface area contributed by atoms with Gasteiger partial charge in [-0.1, -0.05) is 31.4 Å². The second-order valence-electron chi connectivity index (χ2n) is 5.81. The van der Waals surface area contributed by atoms with Crippen LogP contribution in [0.25, 0.3) is 0 Å². The quantitative estimate of drug-likeness (QED) is 0.854. The summed E-state index contributed by atoms with van der Waals surface area (Å²) in [4.78, 5) is 26.3. The maximum Gasteiger partial charge on any atom is 0.328 e. The zero-order chi connectivity index (χ0) is 14.1. The summed E-state index contributed by atoms with van der Waals surface area (Å²) < 4.78 is 0. The number of hydrogen-bond acceptors (Lipinski definition) is 2. The van der Waals surface area contributed by atoms with E-state index in [1.807, 2.05) is 31.2 Å². The lowest BCUT2D eigenvalue weighted by Gasteiger charge is -2.36. The van der Waals surface area contributed by atoms with Crippen molar-refractivity contribution in [3.8, 4) is 0 Å². The Kier molecular flexibility index (Phi) is 3.47. The lowest BCUT2D eigenvalue weighted by atomic mass is 9.91. The summed E-state index contributed by atoms with van der Waals surface area (Å²) in [6, 6.07) is 7.30. The average Bonchev–Trinajstić information content (AvgIpc) is 2.64. The highest BCUT2D eigenvalue weighted by Gasteiger charge is 2.41. The van der Waals surface area contributed by atoms with Gasteiger partial charge in [-0.2, -0.15) is 0 Å². The maximum atomic E-state index is 12.7. The Morgan fingerprint density at radius 3 is 2.75 bits per heavy atom. The Bertz CT molecular complexity index is 541. The Morgan fingerprint density at radius 1 is 1.15 bits per heavy atom. The van der Waals surface area contributed by atoms with Crippen LogP contribution in [0, 0.1) is 12.8 Å². The molecule has 1 aromatic carbocycles. The minimum Gasteiger partial charge on any atom is -0.334 e. The van der Waals surface area contributed by atoms with Crippen LogP contribution in [0.5, 0.6) is 0 Å². The molecule has 20 heavy (non-hydrogen) atoms. The Labute approximate surface area is 119 Å². The number of carbonyl (C=O) groups is 2. The molecular formula is C16H20N2O2. The minimum absolute atomic E-state index is 0.0264. The van der Waals surface area contributed by atoms with E-state index in [0.29, 0.717) is 5.69 Å². The van der Waals surface area contributed by atoms with E-state index < -0.39 is 0 Å². The first-order valence-corrected chi connectivity index (χ1v) is 7.38. The fourth-order valence-corrected chi connectivity index (χ4v) is 3.28. The Balaban J connectivity index is 1.92. The molecule has 0 spiro atoms. The second-order valence-corrected chi connectivity index (χ2v) is 5.81. The van der Waals surface area contributed by atoms with Gasteiger partial charge in [0.05, 0.1) is 11.6 Å². The third-order valence-corrected chi connectivity index (χ3v) is 4.33. The zero-order valence-electron chi connectivity index (χ0n) is 11.8. The van der Waals surface area contributed by atoms with Crippen molar-refractivity contribution in [2.75, 3.05) is 4.90 Å². The van der Waals surface area contributed by atoms with Crippen LogP contribution in [0.4, 0.5) is 10.5 Å². The number of amides is 3. The molecule has 1 saturated carbocycles. The van der Waals surface area contributed by atoms with Crippen LogP contribution in [0.15, 0.2) is 24.3 Å². The molecule has 3 amide bonds. The van der Waals surface area contributed by atoms with Gasteiger partial charge in [0.25, 0.3) is 0 Å². The number of benzene rings is 1. The molecule has 1 N–H and O–H groups in total. The molecule has 3 rings (SSSR count). The number of urea groups is 1. The lowest BCUT2D eigenvalue weighted by Crippen LogP contribution is -2.60. The van der Waals surface area contributed by atoms with Crippen LogP contribution >= 0.6 is 0 Å². The van der Waals surface area contributed by atoms with E-state index in [4.69, 9.17) is 0 Å². The topological polar surface area (TPSA) is 49.4 Å². The number of nitrogens with one attached hydrogen (secondary N) is 1. The molecule has 0 radical (unpaired) electrons. The van der Waals surface area contributed by atoms with E-state index in [0.717, 1.165) is 37.7 Å². The molecule has 1 aliphatic heterocycles. The van der Waals surface area contributed by atoms with Crippen LogP contribution in [-0.2, 0) is 4.79 Å². The summed E-state index contributed by atoms with van der Waals surface area (Å²) in [5.74, 6) is -0.0954. The summed E-state index contributed by atoms with van der Waals surface area (Å²) in [6.07, 6.45) is 5.13. The monoisotopic (exact) mass is 272 g/mol. The van der Waals surface area contributed by atoms with E-state index in [9.17, 15) is 9.59 Å². The van der Waals surface area contributed by atoms with E-state index in [-0.39, 0.29) is 23.9 Å². The van der Waals surface area contributed by atoms with Crippen molar-refractivity contribution >= 4 is 17.6 Å². The van der Waals surface area contributed by atoms with Gasteiger partial charge < -0.3 is 5.32 Å². The lowest BCUT2D eigenvalue weighted by molar-refractivity contribution is -0.123. The number of aryl methyl sites for hydroxylation is 1. The largest absolute Gasteiger partial charge is 0.334 e. The molecule has 4 heteroatoms. The van der Waals surface area contributed by atoms with Crippen LogP contribution in [0.3, 0.4) is 0 Å². The Hall–Kier alpha value is -1.84. The first kappa shape index (κ1) is 13.2. The summed E-state index contributed by atoms with van der Waals surface area (Å²) in [5.41, 5.74) is 1.72. The molecule has 106 valence electrons. The molecule has 1 aromatic rings. The molecule has 1 heterocycles. The number of fused-ring (bicyclic) bond motifs is 1. The molecule has 2 unspecified atom stereocenters. The number of rotatable bonds is 1. The van der Waals surface area contributed by atoms with Crippen molar-refractivity contribution in [3.63, 3.8) is 0 Å². The molecule has 1 saturated heterocycles. The van der Waals surface area contributed by atoms with Crippen molar-refractivity contribution in [2.24, 2.45) is 5.92 Å². The van der Waals surface area contributed by atoms with E-state index in [1.54, 1.807) is 0 Å². The number of hydrogen-bond donors (Lipinski definition) is 1. The van der Waals surface area contributed by atoms with Crippen LogP contribution < -0.4 is 10.2 Å². The van der Waals surface area contributed by atoms with Gasteiger partial charge in [-0.15, -0.1) is 0 Å². The van der Waals surface area contributed by atoms with Crippen molar-refractivity contribution in [1.29, 1.82) is 0 Å². The molecule has 4 nitrogen and oxygen atoms in total. The third-order valence-electron chi connectivity index (χ3n) is 4.33. The summed E-state index contributed by atoms with van der Waals surface area (Å²) in [6.45, 7) is 1.96.